The smallest absolute Gasteiger partial charge is 0.0728 e. The van der Waals surface area contributed by atoms with Gasteiger partial charge in [0, 0.05) is 31.4 Å². The molecule has 1 saturated carbocycles. The lowest BCUT2D eigenvalue weighted by molar-refractivity contribution is 0.688. The summed E-state index contributed by atoms with van der Waals surface area (Å²) in [5, 5.41) is 8.24. The highest BCUT2D eigenvalue weighted by Crippen LogP contribution is 2.31. The summed E-state index contributed by atoms with van der Waals surface area (Å²) in [6, 6.07) is 7.54. The van der Waals surface area contributed by atoms with Gasteiger partial charge in [0.25, 0.3) is 0 Å². The lowest BCUT2D eigenvalue weighted by atomic mass is 9.95. The Morgan fingerprint density at radius 2 is 2.05 bits per heavy atom. The van der Waals surface area contributed by atoms with Crippen molar-refractivity contribution in [2.45, 2.75) is 52.1 Å². The van der Waals surface area contributed by atoms with E-state index in [0.29, 0.717) is 5.92 Å². The lowest BCUT2D eigenvalue weighted by Gasteiger charge is -2.11. The SMILES string of the molecule is Cc1ccc(CNC2CC2)cc1-c1cn(C)nc1C(C)C. The molecule has 2 aromatic rings. The molecular formula is C18H25N3. The van der Waals surface area contributed by atoms with E-state index in [-0.39, 0.29) is 0 Å². The average molecular weight is 283 g/mol. The van der Waals surface area contributed by atoms with Crippen LogP contribution in [0.25, 0.3) is 11.1 Å². The summed E-state index contributed by atoms with van der Waals surface area (Å²) in [5.74, 6) is 0.439. The Morgan fingerprint density at radius 3 is 2.71 bits per heavy atom. The molecule has 3 nitrogen and oxygen atoms in total. The largest absolute Gasteiger partial charge is 0.310 e. The van der Waals surface area contributed by atoms with Gasteiger partial charge in [-0.3, -0.25) is 4.68 Å². The Morgan fingerprint density at radius 1 is 1.29 bits per heavy atom. The molecule has 0 atom stereocenters. The predicted molar refractivity (Wildman–Crippen MR) is 87.3 cm³/mol. The molecule has 0 aliphatic heterocycles. The van der Waals surface area contributed by atoms with Crippen LogP contribution >= 0.6 is 0 Å². The number of nitrogens with zero attached hydrogens (tertiary/aromatic N) is 2. The molecule has 0 unspecified atom stereocenters. The summed E-state index contributed by atoms with van der Waals surface area (Å²) in [5.41, 5.74) is 6.47. The molecule has 21 heavy (non-hydrogen) atoms. The Kier molecular flexibility index (Phi) is 3.85. The highest BCUT2D eigenvalue weighted by Gasteiger charge is 2.20. The first-order chi connectivity index (χ1) is 10.0. The Bertz CT molecular complexity index is 636. The van der Waals surface area contributed by atoms with Crippen molar-refractivity contribution < 1.29 is 0 Å². The zero-order valence-electron chi connectivity index (χ0n) is 13.5. The topological polar surface area (TPSA) is 29.9 Å². The third-order valence-corrected chi connectivity index (χ3v) is 4.17. The Balaban J connectivity index is 1.94. The molecule has 1 N–H and O–H groups in total. The summed E-state index contributed by atoms with van der Waals surface area (Å²) in [6.07, 6.45) is 4.81. The fourth-order valence-electron chi connectivity index (χ4n) is 2.76. The molecule has 112 valence electrons. The quantitative estimate of drug-likeness (QED) is 0.905. The first kappa shape index (κ1) is 14.3. The van der Waals surface area contributed by atoms with Gasteiger partial charge in [-0.1, -0.05) is 26.0 Å². The zero-order valence-corrected chi connectivity index (χ0v) is 13.5. The Hall–Kier alpha value is -1.61. The molecule has 0 bridgehead atoms. The van der Waals surface area contributed by atoms with E-state index in [0.717, 1.165) is 12.6 Å². The van der Waals surface area contributed by atoms with Crippen LogP contribution in [0.4, 0.5) is 0 Å². The second-order valence-electron chi connectivity index (χ2n) is 6.56. The molecule has 1 aromatic carbocycles. The van der Waals surface area contributed by atoms with Crippen molar-refractivity contribution in [1.82, 2.24) is 15.1 Å². The molecular weight excluding hydrogens is 258 g/mol. The van der Waals surface area contributed by atoms with Gasteiger partial charge in [0.05, 0.1) is 5.69 Å². The molecule has 0 spiro atoms. The molecule has 0 saturated heterocycles. The molecule has 0 radical (unpaired) electrons. The molecule has 1 heterocycles. The van der Waals surface area contributed by atoms with Crippen LogP contribution in [0, 0.1) is 6.92 Å². The molecule has 1 fully saturated rings. The fourth-order valence-corrected chi connectivity index (χ4v) is 2.76. The molecule has 1 aliphatic rings. The lowest BCUT2D eigenvalue weighted by Crippen LogP contribution is -2.15. The molecule has 3 heteroatoms. The van der Waals surface area contributed by atoms with Crippen molar-refractivity contribution in [3.05, 3.63) is 41.2 Å². The van der Waals surface area contributed by atoms with Crippen molar-refractivity contribution in [1.29, 1.82) is 0 Å². The third kappa shape index (κ3) is 3.18. The number of hydrogen-bond donors (Lipinski definition) is 1. The van der Waals surface area contributed by atoms with Crippen LogP contribution in [0.2, 0.25) is 0 Å². The zero-order chi connectivity index (χ0) is 15.0. The van der Waals surface area contributed by atoms with E-state index in [1.165, 1.54) is 40.8 Å². The number of hydrogen-bond acceptors (Lipinski definition) is 2. The molecule has 1 aliphatic carbocycles. The van der Waals surface area contributed by atoms with Gasteiger partial charge in [-0.15, -0.1) is 0 Å². The van der Waals surface area contributed by atoms with Crippen LogP contribution in [0.3, 0.4) is 0 Å². The van der Waals surface area contributed by atoms with Gasteiger partial charge >= 0.3 is 0 Å². The van der Waals surface area contributed by atoms with Gasteiger partial charge in [-0.25, -0.2) is 0 Å². The van der Waals surface area contributed by atoms with E-state index in [1.54, 1.807) is 0 Å². The van der Waals surface area contributed by atoms with Crippen LogP contribution in [0.5, 0.6) is 0 Å². The second kappa shape index (κ2) is 5.64. The third-order valence-electron chi connectivity index (χ3n) is 4.17. The van der Waals surface area contributed by atoms with Crippen LogP contribution in [-0.2, 0) is 13.6 Å². The van der Waals surface area contributed by atoms with E-state index in [9.17, 15) is 0 Å². The van der Waals surface area contributed by atoms with Gasteiger partial charge in [-0.05, 0) is 48.4 Å². The fraction of sp³-hybridized carbons (Fsp3) is 0.500. The Labute approximate surface area is 127 Å². The maximum atomic E-state index is 4.64. The van der Waals surface area contributed by atoms with Crippen LogP contribution in [0.1, 0.15) is 49.4 Å². The normalized spacial score (nSPS) is 14.9. The summed E-state index contributed by atoms with van der Waals surface area (Å²) in [7, 11) is 2.00. The van der Waals surface area contributed by atoms with E-state index < -0.39 is 0 Å². The van der Waals surface area contributed by atoms with Crippen LogP contribution < -0.4 is 5.32 Å². The highest BCUT2D eigenvalue weighted by atomic mass is 15.3. The van der Waals surface area contributed by atoms with Gasteiger partial charge in [0.15, 0.2) is 0 Å². The number of rotatable bonds is 5. The highest BCUT2D eigenvalue weighted by molar-refractivity contribution is 5.70. The van der Waals surface area contributed by atoms with Crippen LogP contribution in [-0.4, -0.2) is 15.8 Å². The maximum absolute atomic E-state index is 4.64. The minimum atomic E-state index is 0.439. The van der Waals surface area contributed by atoms with Crippen molar-refractivity contribution in [3.8, 4) is 11.1 Å². The van der Waals surface area contributed by atoms with E-state index >= 15 is 0 Å². The van der Waals surface area contributed by atoms with Gasteiger partial charge in [0.1, 0.15) is 0 Å². The van der Waals surface area contributed by atoms with Gasteiger partial charge < -0.3 is 5.32 Å². The molecule has 0 amide bonds. The first-order valence-electron chi connectivity index (χ1n) is 7.91. The van der Waals surface area contributed by atoms with Crippen molar-refractivity contribution >= 4 is 0 Å². The standard InChI is InChI=1S/C18H25N3/c1-12(2)18-17(11-21(4)20-18)16-9-14(6-5-13(16)3)10-19-15-7-8-15/h5-6,9,11-12,15,19H,7-8,10H2,1-4H3. The number of aromatic nitrogens is 2. The van der Waals surface area contributed by atoms with Gasteiger partial charge in [-0.2, -0.15) is 5.10 Å². The van der Waals surface area contributed by atoms with E-state index in [1.807, 2.05) is 11.7 Å². The van der Waals surface area contributed by atoms with Crippen LogP contribution in [0.15, 0.2) is 24.4 Å². The predicted octanol–water partition coefficient (Wildman–Crippen LogP) is 3.77. The van der Waals surface area contributed by atoms with Crippen molar-refractivity contribution in [2.75, 3.05) is 0 Å². The minimum absolute atomic E-state index is 0.439. The summed E-state index contributed by atoms with van der Waals surface area (Å²) >= 11 is 0. The van der Waals surface area contributed by atoms with Gasteiger partial charge in [0.2, 0.25) is 0 Å². The minimum Gasteiger partial charge on any atom is -0.310 e. The molecule has 3 rings (SSSR count). The summed E-state index contributed by atoms with van der Waals surface area (Å²) in [4.78, 5) is 0. The number of nitrogens with one attached hydrogen (secondary N) is 1. The summed E-state index contributed by atoms with van der Waals surface area (Å²) in [6.45, 7) is 7.57. The monoisotopic (exact) mass is 283 g/mol. The number of benzene rings is 1. The van der Waals surface area contributed by atoms with Crippen molar-refractivity contribution in [3.63, 3.8) is 0 Å². The maximum Gasteiger partial charge on any atom is 0.0728 e. The first-order valence-corrected chi connectivity index (χ1v) is 7.91. The van der Waals surface area contributed by atoms with E-state index in [4.69, 9.17) is 0 Å². The number of aryl methyl sites for hydroxylation is 2. The second-order valence-corrected chi connectivity index (χ2v) is 6.56. The summed E-state index contributed by atoms with van der Waals surface area (Å²) < 4.78 is 1.93. The molecule has 1 aromatic heterocycles. The van der Waals surface area contributed by atoms with Crippen molar-refractivity contribution in [2.24, 2.45) is 7.05 Å². The van der Waals surface area contributed by atoms with E-state index in [2.05, 4.69) is 55.6 Å². The average Bonchev–Trinajstić information content (AvgIpc) is 3.19.